The van der Waals surface area contributed by atoms with E-state index in [0.29, 0.717) is 37.4 Å². The van der Waals surface area contributed by atoms with Crippen molar-refractivity contribution in [1.29, 1.82) is 0 Å². The van der Waals surface area contributed by atoms with Gasteiger partial charge in [0.2, 0.25) is 0 Å². The largest absolute Gasteiger partial charge is 0.497 e. The number of hydrogen-bond donors (Lipinski definition) is 1. The number of fused-ring (bicyclic) bond motifs is 2. The van der Waals surface area contributed by atoms with Gasteiger partial charge in [0.05, 0.1) is 12.7 Å². The average Bonchev–Trinajstić information content (AvgIpc) is 3.10. The molecule has 0 bridgehead atoms. The molecule has 172 valence electrons. The highest BCUT2D eigenvalue weighted by Gasteiger charge is 2.25. The van der Waals surface area contributed by atoms with Crippen LogP contribution in [0.5, 0.6) is 5.75 Å². The Morgan fingerprint density at radius 3 is 2.81 bits per heavy atom. The van der Waals surface area contributed by atoms with Gasteiger partial charge in [-0.25, -0.2) is 9.48 Å². The summed E-state index contributed by atoms with van der Waals surface area (Å²) in [6.07, 6.45) is 3.09. The van der Waals surface area contributed by atoms with Crippen LogP contribution in [0.15, 0.2) is 23.0 Å². The molecule has 32 heavy (non-hydrogen) atoms. The van der Waals surface area contributed by atoms with Crippen molar-refractivity contribution < 1.29 is 9.53 Å². The van der Waals surface area contributed by atoms with Crippen molar-refractivity contribution in [3.8, 4) is 5.75 Å². The second-order valence-electron chi connectivity index (χ2n) is 9.16. The van der Waals surface area contributed by atoms with E-state index in [1.165, 1.54) is 0 Å². The summed E-state index contributed by atoms with van der Waals surface area (Å²) in [4.78, 5) is 26.0. The third-order valence-electron chi connectivity index (χ3n) is 6.60. The highest BCUT2D eigenvalue weighted by molar-refractivity contribution is 6.08. The SMILES string of the molecule is COc1ccc2c(c1)c(C(=O)NC1CCc3nn(CCC(C)C)c(=O)n3CC1)c(C)n2C. The number of nitrogens with one attached hydrogen (secondary N) is 1. The molecule has 1 aliphatic rings. The van der Waals surface area contributed by atoms with Crippen molar-refractivity contribution in [2.24, 2.45) is 13.0 Å². The van der Waals surface area contributed by atoms with Gasteiger partial charge in [0, 0.05) is 49.2 Å². The third kappa shape index (κ3) is 4.06. The van der Waals surface area contributed by atoms with Crippen LogP contribution in [0, 0.1) is 12.8 Å². The lowest BCUT2D eigenvalue weighted by atomic mass is 10.1. The number of aromatic nitrogens is 4. The number of rotatable bonds is 6. The molecular weight excluding hydrogens is 406 g/mol. The van der Waals surface area contributed by atoms with Crippen LogP contribution in [0.1, 0.15) is 55.0 Å². The molecule has 0 spiro atoms. The molecule has 1 atom stereocenters. The van der Waals surface area contributed by atoms with Gasteiger partial charge in [-0.2, -0.15) is 5.10 Å². The lowest BCUT2D eigenvalue weighted by molar-refractivity contribution is 0.0933. The fraction of sp³-hybridized carbons (Fsp3) is 0.542. The summed E-state index contributed by atoms with van der Waals surface area (Å²) in [7, 11) is 3.60. The van der Waals surface area contributed by atoms with E-state index in [2.05, 4.69) is 24.3 Å². The predicted octanol–water partition coefficient (Wildman–Crippen LogP) is 3.03. The fourth-order valence-corrected chi connectivity index (χ4v) is 4.52. The van der Waals surface area contributed by atoms with Crippen LogP contribution in [0.4, 0.5) is 0 Å². The number of carbonyl (C=O) groups excluding carboxylic acids is 1. The molecule has 1 amide bonds. The summed E-state index contributed by atoms with van der Waals surface area (Å²) in [5, 5.41) is 8.67. The highest BCUT2D eigenvalue weighted by atomic mass is 16.5. The van der Waals surface area contributed by atoms with Gasteiger partial charge >= 0.3 is 5.69 Å². The van der Waals surface area contributed by atoms with Gasteiger partial charge in [0.1, 0.15) is 11.6 Å². The predicted molar refractivity (Wildman–Crippen MR) is 124 cm³/mol. The van der Waals surface area contributed by atoms with Gasteiger partial charge < -0.3 is 14.6 Å². The Morgan fingerprint density at radius 1 is 1.31 bits per heavy atom. The Hall–Kier alpha value is -3.03. The van der Waals surface area contributed by atoms with E-state index in [1.54, 1.807) is 16.4 Å². The van der Waals surface area contributed by atoms with Crippen LogP contribution in [0.2, 0.25) is 0 Å². The van der Waals surface area contributed by atoms with Gasteiger partial charge in [-0.05, 0) is 50.3 Å². The topological polar surface area (TPSA) is 83.1 Å². The summed E-state index contributed by atoms with van der Waals surface area (Å²) in [5.74, 6) is 1.99. The summed E-state index contributed by atoms with van der Waals surface area (Å²) in [5.41, 5.74) is 2.56. The minimum atomic E-state index is -0.0831. The number of amides is 1. The number of nitrogens with zero attached hydrogens (tertiary/aromatic N) is 4. The number of hydrogen-bond acceptors (Lipinski definition) is 4. The lowest BCUT2D eigenvalue weighted by Crippen LogP contribution is -2.36. The van der Waals surface area contributed by atoms with Crippen molar-refractivity contribution in [3.05, 3.63) is 45.8 Å². The molecular formula is C24H33N5O3. The van der Waals surface area contributed by atoms with Crippen LogP contribution in [-0.2, 0) is 26.6 Å². The molecule has 0 aliphatic carbocycles. The smallest absolute Gasteiger partial charge is 0.345 e. The summed E-state index contributed by atoms with van der Waals surface area (Å²) < 4.78 is 10.8. The molecule has 1 N–H and O–H groups in total. The molecule has 4 rings (SSSR count). The molecule has 8 heteroatoms. The second-order valence-corrected chi connectivity index (χ2v) is 9.16. The Kier molecular flexibility index (Phi) is 6.13. The van der Waals surface area contributed by atoms with Crippen LogP contribution in [-0.4, -0.2) is 38.0 Å². The van der Waals surface area contributed by atoms with Crippen LogP contribution in [0.3, 0.4) is 0 Å². The minimum absolute atomic E-state index is 0.00650. The van der Waals surface area contributed by atoms with Crippen molar-refractivity contribution in [2.75, 3.05) is 7.11 Å². The number of methoxy groups -OCH3 is 1. The maximum absolute atomic E-state index is 13.3. The van der Waals surface area contributed by atoms with Crippen molar-refractivity contribution in [2.45, 2.75) is 65.6 Å². The Bertz CT molecular complexity index is 1200. The first kappa shape index (κ1) is 22.2. The zero-order valence-corrected chi connectivity index (χ0v) is 19.6. The molecule has 2 aromatic heterocycles. The second kappa shape index (κ2) is 8.84. The van der Waals surface area contributed by atoms with Gasteiger partial charge in [0.15, 0.2) is 0 Å². The summed E-state index contributed by atoms with van der Waals surface area (Å²) in [6.45, 7) is 7.48. The zero-order valence-electron chi connectivity index (χ0n) is 19.6. The first-order valence-corrected chi connectivity index (χ1v) is 11.4. The van der Waals surface area contributed by atoms with E-state index in [-0.39, 0.29) is 17.6 Å². The number of carbonyl (C=O) groups is 1. The normalized spacial score (nSPS) is 16.2. The van der Waals surface area contributed by atoms with Crippen LogP contribution < -0.4 is 15.7 Å². The summed E-state index contributed by atoms with van der Waals surface area (Å²) in [6, 6.07) is 5.80. The first-order valence-electron chi connectivity index (χ1n) is 11.4. The maximum Gasteiger partial charge on any atom is 0.345 e. The molecule has 1 aromatic carbocycles. The zero-order chi connectivity index (χ0) is 23.0. The molecule has 0 saturated carbocycles. The quantitative estimate of drug-likeness (QED) is 0.640. The Balaban J connectivity index is 1.50. The maximum atomic E-state index is 13.3. The molecule has 0 fully saturated rings. The molecule has 3 heterocycles. The Morgan fingerprint density at radius 2 is 2.09 bits per heavy atom. The lowest BCUT2D eigenvalue weighted by Gasteiger charge is -2.16. The highest BCUT2D eigenvalue weighted by Crippen LogP contribution is 2.29. The van der Waals surface area contributed by atoms with Crippen molar-refractivity contribution in [1.82, 2.24) is 24.2 Å². The van der Waals surface area contributed by atoms with Gasteiger partial charge in [-0.3, -0.25) is 9.36 Å². The van der Waals surface area contributed by atoms with E-state index in [9.17, 15) is 9.59 Å². The average molecular weight is 440 g/mol. The molecule has 1 aliphatic heterocycles. The van der Waals surface area contributed by atoms with E-state index < -0.39 is 0 Å². The van der Waals surface area contributed by atoms with Crippen LogP contribution in [0.25, 0.3) is 10.9 Å². The molecule has 8 nitrogen and oxygen atoms in total. The van der Waals surface area contributed by atoms with Crippen LogP contribution >= 0.6 is 0 Å². The van der Waals surface area contributed by atoms with Gasteiger partial charge in [0.25, 0.3) is 5.91 Å². The minimum Gasteiger partial charge on any atom is -0.497 e. The number of aryl methyl sites for hydroxylation is 3. The van der Waals surface area contributed by atoms with Gasteiger partial charge in [-0.1, -0.05) is 13.8 Å². The molecule has 0 radical (unpaired) electrons. The van der Waals surface area contributed by atoms with E-state index in [4.69, 9.17) is 4.74 Å². The van der Waals surface area contributed by atoms with E-state index in [1.807, 2.05) is 36.7 Å². The van der Waals surface area contributed by atoms with Crippen molar-refractivity contribution in [3.63, 3.8) is 0 Å². The molecule has 3 aromatic rings. The van der Waals surface area contributed by atoms with E-state index in [0.717, 1.165) is 41.0 Å². The molecule has 1 unspecified atom stereocenters. The van der Waals surface area contributed by atoms with Crippen molar-refractivity contribution >= 4 is 16.8 Å². The Labute approximate surface area is 188 Å². The number of benzene rings is 1. The number of ether oxygens (including phenoxy) is 1. The first-order chi connectivity index (χ1) is 15.3. The third-order valence-corrected chi connectivity index (χ3v) is 6.60. The summed E-state index contributed by atoms with van der Waals surface area (Å²) >= 11 is 0. The monoisotopic (exact) mass is 439 g/mol. The fourth-order valence-electron chi connectivity index (χ4n) is 4.52. The molecule has 0 saturated heterocycles. The standard InChI is InChI=1S/C24H33N5O3/c1-15(2)10-13-29-24(31)28-12-11-17(6-9-21(28)26-29)25-23(30)22-16(3)27(4)20-8-7-18(32-5)14-19(20)22/h7-8,14-15,17H,6,9-13H2,1-5H3,(H,25,30). The van der Waals surface area contributed by atoms with Gasteiger partial charge in [-0.15, -0.1) is 0 Å². The van der Waals surface area contributed by atoms with E-state index >= 15 is 0 Å².